The summed E-state index contributed by atoms with van der Waals surface area (Å²) in [5.41, 5.74) is 0. The van der Waals surface area contributed by atoms with Crippen LogP contribution in [0.15, 0.2) is 28.0 Å². The molecule has 0 atom stereocenters. The lowest BCUT2D eigenvalue weighted by Gasteiger charge is -2.18. The molecule has 3 N–H and O–H groups in total. The van der Waals surface area contributed by atoms with Gasteiger partial charge in [-0.2, -0.15) is 0 Å². The number of nitrogens with two attached hydrogens (primary N) is 1. The zero-order chi connectivity index (χ0) is 14.1. The van der Waals surface area contributed by atoms with Gasteiger partial charge in [-0.25, -0.2) is 17.9 Å². The second-order valence-corrected chi connectivity index (χ2v) is 7.28. The summed E-state index contributed by atoms with van der Waals surface area (Å²) in [4.78, 5) is 10.6. The minimum Gasteiger partial charge on any atom is -0.480 e. The van der Waals surface area contributed by atoms with E-state index in [1.807, 2.05) is 0 Å². The van der Waals surface area contributed by atoms with Crippen molar-refractivity contribution in [1.29, 1.82) is 0 Å². The molecular formula is C10H12FNO4S2. The molecule has 0 aromatic heterocycles. The molecule has 0 saturated heterocycles. The third-order valence-corrected chi connectivity index (χ3v) is 4.26. The average molecular weight is 293 g/mol. The van der Waals surface area contributed by atoms with Crippen molar-refractivity contribution in [2.75, 3.05) is 0 Å². The maximum absolute atomic E-state index is 13.6. The molecule has 0 aliphatic carbocycles. The Bertz CT molecular complexity index is 584. The van der Waals surface area contributed by atoms with Gasteiger partial charge in [-0.05, 0) is 32.0 Å². The zero-order valence-electron chi connectivity index (χ0n) is 9.68. The van der Waals surface area contributed by atoms with E-state index in [-0.39, 0.29) is 9.79 Å². The van der Waals surface area contributed by atoms with Crippen LogP contribution in [-0.4, -0.2) is 24.2 Å². The van der Waals surface area contributed by atoms with Crippen LogP contribution in [0, 0.1) is 5.82 Å². The van der Waals surface area contributed by atoms with Crippen LogP contribution in [0.1, 0.15) is 13.8 Å². The van der Waals surface area contributed by atoms with Gasteiger partial charge in [0.15, 0.2) is 0 Å². The molecule has 0 unspecified atom stereocenters. The SMILES string of the molecule is CC(C)(Sc1ccc(S(N)(=O)=O)cc1F)C(=O)O. The van der Waals surface area contributed by atoms with Crippen LogP contribution in [0.2, 0.25) is 0 Å². The highest BCUT2D eigenvalue weighted by Crippen LogP contribution is 2.34. The fraction of sp³-hybridized carbons (Fsp3) is 0.300. The highest BCUT2D eigenvalue weighted by atomic mass is 32.2. The minimum absolute atomic E-state index is 0.0507. The van der Waals surface area contributed by atoms with Gasteiger partial charge in [-0.15, -0.1) is 11.8 Å². The van der Waals surface area contributed by atoms with E-state index in [4.69, 9.17) is 10.2 Å². The molecule has 1 aromatic carbocycles. The first-order chi connectivity index (χ1) is 8.04. The molecule has 0 aliphatic heterocycles. The van der Waals surface area contributed by atoms with Gasteiger partial charge in [0.25, 0.3) is 0 Å². The van der Waals surface area contributed by atoms with Crippen LogP contribution in [-0.2, 0) is 14.8 Å². The number of carboxylic acid groups (broad SMARTS) is 1. The van der Waals surface area contributed by atoms with E-state index >= 15 is 0 Å². The van der Waals surface area contributed by atoms with Crippen LogP contribution >= 0.6 is 11.8 Å². The first kappa shape index (κ1) is 14.9. The van der Waals surface area contributed by atoms with E-state index < -0.39 is 26.6 Å². The predicted octanol–water partition coefficient (Wildman–Crippen LogP) is 1.43. The lowest BCUT2D eigenvalue weighted by molar-refractivity contribution is -0.138. The van der Waals surface area contributed by atoms with E-state index in [9.17, 15) is 17.6 Å². The van der Waals surface area contributed by atoms with Gasteiger partial charge in [-0.3, -0.25) is 4.79 Å². The molecule has 18 heavy (non-hydrogen) atoms. The summed E-state index contributed by atoms with van der Waals surface area (Å²) in [5.74, 6) is -1.91. The molecule has 0 fully saturated rings. The van der Waals surface area contributed by atoms with Crippen molar-refractivity contribution in [2.24, 2.45) is 5.14 Å². The Morgan fingerprint density at radius 1 is 1.44 bits per heavy atom. The lowest BCUT2D eigenvalue weighted by atomic mass is 10.2. The fourth-order valence-corrected chi connectivity index (χ4v) is 2.51. The largest absolute Gasteiger partial charge is 0.480 e. The summed E-state index contributed by atoms with van der Waals surface area (Å²) in [5, 5.41) is 13.8. The highest BCUT2D eigenvalue weighted by Gasteiger charge is 2.29. The van der Waals surface area contributed by atoms with Gasteiger partial charge in [0.2, 0.25) is 10.0 Å². The molecule has 0 saturated carbocycles. The molecule has 0 spiro atoms. The summed E-state index contributed by atoms with van der Waals surface area (Å²) < 4.78 is 34.4. The Labute approximate surface area is 108 Å². The van der Waals surface area contributed by atoms with Gasteiger partial charge in [0, 0.05) is 4.90 Å². The Morgan fingerprint density at radius 2 is 2.00 bits per heavy atom. The van der Waals surface area contributed by atoms with Gasteiger partial charge >= 0.3 is 5.97 Å². The van der Waals surface area contributed by atoms with E-state index in [2.05, 4.69) is 0 Å². The van der Waals surface area contributed by atoms with E-state index in [0.29, 0.717) is 0 Å². The number of halogens is 1. The monoisotopic (exact) mass is 293 g/mol. The van der Waals surface area contributed by atoms with Crippen molar-refractivity contribution in [2.45, 2.75) is 28.4 Å². The molecule has 100 valence electrons. The van der Waals surface area contributed by atoms with Crippen molar-refractivity contribution >= 4 is 27.8 Å². The third-order valence-electron chi connectivity index (χ3n) is 2.11. The fourth-order valence-electron chi connectivity index (χ4n) is 1.06. The number of hydrogen-bond donors (Lipinski definition) is 2. The topological polar surface area (TPSA) is 97.5 Å². The number of thioether (sulfide) groups is 1. The van der Waals surface area contributed by atoms with Crippen LogP contribution < -0.4 is 5.14 Å². The normalized spacial score (nSPS) is 12.4. The van der Waals surface area contributed by atoms with Crippen LogP contribution in [0.5, 0.6) is 0 Å². The number of benzene rings is 1. The quantitative estimate of drug-likeness (QED) is 0.818. The van der Waals surface area contributed by atoms with Crippen molar-refractivity contribution in [3.8, 4) is 0 Å². The first-order valence-electron chi connectivity index (χ1n) is 4.79. The van der Waals surface area contributed by atoms with Crippen molar-refractivity contribution in [1.82, 2.24) is 0 Å². The molecule has 0 bridgehead atoms. The Morgan fingerprint density at radius 3 is 2.39 bits per heavy atom. The Hall–Kier alpha value is -1.12. The molecule has 5 nitrogen and oxygen atoms in total. The number of sulfonamides is 1. The molecule has 1 aromatic rings. The van der Waals surface area contributed by atoms with Crippen molar-refractivity contribution < 1.29 is 22.7 Å². The second kappa shape index (κ2) is 4.87. The summed E-state index contributed by atoms with van der Waals surface area (Å²) in [6.45, 7) is 2.85. The molecular weight excluding hydrogens is 281 g/mol. The predicted molar refractivity (Wildman–Crippen MR) is 65.3 cm³/mol. The third kappa shape index (κ3) is 3.44. The summed E-state index contributed by atoms with van der Waals surface area (Å²) in [7, 11) is -3.97. The number of hydrogen-bond acceptors (Lipinski definition) is 4. The molecule has 0 amide bonds. The lowest BCUT2D eigenvalue weighted by Crippen LogP contribution is -2.27. The first-order valence-corrected chi connectivity index (χ1v) is 7.15. The summed E-state index contributed by atoms with van der Waals surface area (Å²) in [6.07, 6.45) is 0. The number of aliphatic carboxylic acids is 1. The minimum atomic E-state index is -3.97. The van der Waals surface area contributed by atoms with Crippen molar-refractivity contribution in [3.05, 3.63) is 24.0 Å². The summed E-state index contributed by atoms with van der Waals surface area (Å²) in [6, 6.07) is 3.11. The molecule has 0 heterocycles. The molecule has 0 radical (unpaired) electrons. The molecule has 1 rings (SSSR count). The van der Waals surface area contributed by atoms with Crippen LogP contribution in [0.3, 0.4) is 0 Å². The number of carbonyl (C=O) groups is 1. The highest BCUT2D eigenvalue weighted by molar-refractivity contribution is 8.01. The smallest absolute Gasteiger partial charge is 0.319 e. The number of rotatable bonds is 4. The van der Waals surface area contributed by atoms with Crippen LogP contribution in [0.4, 0.5) is 4.39 Å². The van der Waals surface area contributed by atoms with Crippen molar-refractivity contribution in [3.63, 3.8) is 0 Å². The van der Waals surface area contributed by atoms with E-state index in [1.165, 1.54) is 19.9 Å². The maximum atomic E-state index is 13.6. The Balaban J connectivity index is 3.12. The van der Waals surface area contributed by atoms with E-state index in [0.717, 1.165) is 23.9 Å². The number of primary sulfonamides is 1. The van der Waals surface area contributed by atoms with Gasteiger partial charge < -0.3 is 5.11 Å². The van der Waals surface area contributed by atoms with Gasteiger partial charge in [-0.1, -0.05) is 0 Å². The van der Waals surface area contributed by atoms with E-state index in [1.54, 1.807) is 0 Å². The zero-order valence-corrected chi connectivity index (χ0v) is 11.3. The van der Waals surface area contributed by atoms with Gasteiger partial charge in [0.05, 0.1) is 4.90 Å². The molecule has 8 heteroatoms. The molecule has 0 aliphatic rings. The standard InChI is InChI=1S/C10H12FNO4S2/c1-10(2,9(13)14)17-8-4-3-6(5-7(8)11)18(12,15)16/h3-5H,1-2H3,(H,13,14)(H2,12,15,16). The Kier molecular flexibility index (Phi) is 4.04. The van der Waals surface area contributed by atoms with Crippen LogP contribution in [0.25, 0.3) is 0 Å². The van der Waals surface area contributed by atoms with Gasteiger partial charge in [0.1, 0.15) is 10.6 Å². The second-order valence-electron chi connectivity index (χ2n) is 4.05. The average Bonchev–Trinajstić information content (AvgIpc) is 2.19. The maximum Gasteiger partial charge on any atom is 0.319 e. The number of carboxylic acids is 1. The summed E-state index contributed by atoms with van der Waals surface area (Å²) >= 11 is 0.790.